The molecule has 0 aliphatic rings. The molecular weight excluding hydrogens is 715 g/mol. The second kappa shape index (κ2) is 13.4. The van der Waals surface area contributed by atoms with Gasteiger partial charge in [0.1, 0.15) is 0 Å². The summed E-state index contributed by atoms with van der Waals surface area (Å²) in [5.74, 6) is 0. The van der Waals surface area contributed by atoms with E-state index in [1.807, 2.05) is 0 Å². The van der Waals surface area contributed by atoms with Gasteiger partial charge < -0.3 is 14.0 Å². The molecule has 0 radical (unpaired) electrons. The predicted molar refractivity (Wildman–Crippen MR) is 250 cm³/mol. The predicted octanol–water partition coefficient (Wildman–Crippen LogP) is 15.3. The van der Waals surface area contributed by atoms with Gasteiger partial charge in [-0.15, -0.1) is 0 Å². The van der Waals surface area contributed by atoms with Crippen molar-refractivity contribution in [2.45, 2.75) is 0 Å². The van der Waals surface area contributed by atoms with Crippen molar-refractivity contribution in [3.8, 4) is 22.5 Å². The molecule has 0 aliphatic carbocycles. The number of para-hydroxylation sites is 4. The highest BCUT2D eigenvalue weighted by Gasteiger charge is 2.23. The Morgan fingerprint density at radius 3 is 1.61 bits per heavy atom. The molecule has 0 saturated carbocycles. The van der Waals surface area contributed by atoms with Crippen LogP contribution in [0.15, 0.2) is 224 Å². The number of aromatic nitrogens is 2. The van der Waals surface area contributed by atoms with Crippen molar-refractivity contribution in [3.05, 3.63) is 224 Å². The van der Waals surface area contributed by atoms with Gasteiger partial charge >= 0.3 is 0 Å². The van der Waals surface area contributed by atoms with Crippen molar-refractivity contribution in [3.63, 3.8) is 0 Å². The molecule has 0 fully saturated rings. The van der Waals surface area contributed by atoms with Gasteiger partial charge in [0.25, 0.3) is 0 Å². The summed E-state index contributed by atoms with van der Waals surface area (Å²) in [5, 5.41) is 9.90. The third-order valence-electron chi connectivity index (χ3n) is 12.0. The lowest BCUT2D eigenvalue weighted by atomic mass is 9.93. The summed E-state index contributed by atoms with van der Waals surface area (Å²) in [7, 11) is 0. The van der Waals surface area contributed by atoms with Gasteiger partial charge in [-0.1, -0.05) is 146 Å². The lowest BCUT2D eigenvalue weighted by Gasteiger charge is -2.27. The number of hydrogen-bond donors (Lipinski definition) is 0. The smallest absolute Gasteiger partial charge is 0.0562 e. The SMILES string of the molecule is c1ccc(-n2c3ccccc3c3ccc(N(c4cccc(-c5cc6ccccc6c6ccccc56)c4)c4cccc5c4c4ccccc4n5-c4ccccc4)cc32)cc1. The summed E-state index contributed by atoms with van der Waals surface area (Å²) in [4.78, 5) is 2.48. The van der Waals surface area contributed by atoms with Crippen LogP contribution in [0.2, 0.25) is 0 Å². The molecular formula is C56H37N3. The van der Waals surface area contributed by atoms with Crippen LogP contribution in [-0.2, 0) is 0 Å². The maximum Gasteiger partial charge on any atom is 0.0562 e. The highest BCUT2D eigenvalue weighted by molar-refractivity contribution is 6.18. The quantitative estimate of drug-likeness (QED) is 0.154. The summed E-state index contributed by atoms with van der Waals surface area (Å²) in [6.45, 7) is 0. The standard InChI is InChI=1S/C56H37N3/c1-3-19-40(20-4-1)58-52-30-14-12-28-49(52)56-53(31-16-32-54(56)58)57(43-33-34-48-47-27-11-13-29-51(47)59(55(48)37-43)41-21-5-2-6-22-41)42-23-15-18-38(35-42)50-36-39-17-7-8-24-44(39)45-25-9-10-26-46(45)50/h1-37H. The molecule has 12 rings (SSSR count). The van der Waals surface area contributed by atoms with E-state index >= 15 is 0 Å². The van der Waals surface area contributed by atoms with Crippen molar-refractivity contribution < 1.29 is 0 Å². The normalized spacial score (nSPS) is 11.7. The zero-order chi connectivity index (χ0) is 38.9. The van der Waals surface area contributed by atoms with Crippen LogP contribution in [0.1, 0.15) is 0 Å². The van der Waals surface area contributed by atoms with Gasteiger partial charge in [0.05, 0.1) is 27.8 Å². The largest absolute Gasteiger partial charge is 0.310 e. The molecule has 10 aromatic carbocycles. The molecule has 276 valence electrons. The zero-order valence-corrected chi connectivity index (χ0v) is 32.2. The average molecular weight is 752 g/mol. The Kier molecular flexibility index (Phi) is 7.54. The highest BCUT2D eigenvalue weighted by atomic mass is 15.2. The topological polar surface area (TPSA) is 13.1 Å². The molecule has 3 nitrogen and oxygen atoms in total. The Morgan fingerprint density at radius 1 is 0.305 bits per heavy atom. The molecule has 0 unspecified atom stereocenters. The fraction of sp³-hybridized carbons (Fsp3) is 0. The first-order valence-electron chi connectivity index (χ1n) is 20.3. The highest BCUT2D eigenvalue weighted by Crippen LogP contribution is 2.46. The maximum atomic E-state index is 2.48. The minimum atomic E-state index is 1.09. The number of hydrogen-bond acceptors (Lipinski definition) is 1. The average Bonchev–Trinajstić information content (AvgIpc) is 3.83. The first-order valence-corrected chi connectivity index (χ1v) is 20.3. The van der Waals surface area contributed by atoms with Crippen LogP contribution >= 0.6 is 0 Å². The van der Waals surface area contributed by atoms with Gasteiger partial charge in [0.2, 0.25) is 0 Å². The third-order valence-corrected chi connectivity index (χ3v) is 12.0. The second-order valence-electron chi connectivity index (χ2n) is 15.3. The van der Waals surface area contributed by atoms with E-state index in [1.165, 1.54) is 65.3 Å². The van der Waals surface area contributed by atoms with E-state index in [0.29, 0.717) is 0 Å². The minimum absolute atomic E-state index is 1.09. The number of anilines is 3. The summed E-state index contributed by atoms with van der Waals surface area (Å²) < 4.78 is 4.81. The molecule has 0 saturated heterocycles. The van der Waals surface area contributed by atoms with Crippen LogP contribution in [-0.4, -0.2) is 9.13 Å². The Bertz CT molecular complexity index is 3560. The Balaban J connectivity index is 1.16. The van der Waals surface area contributed by atoms with Crippen LogP contribution in [0, 0.1) is 0 Å². The number of fused-ring (bicyclic) bond motifs is 9. The lowest BCUT2D eigenvalue weighted by molar-refractivity contribution is 1.17. The molecule has 59 heavy (non-hydrogen) atoms. The number of rotatable bonds is 6. The van der Waals surface area contributed by atoms with Gasteiger partial charge in [-0.05, 0) is 112 Å². The van der Waals surface area contributed by atoms with Crippen LogP contribution < -0.4 is 4.90 Å². The van der Waals surface area contributed by atoms with E-state index < -0.39 is 0 Å². The van der Waals surface area contributed by atoms with E-state index in [-0.39, 0.29) is 0 Å². The Morgan fingerprint density at radius 2 is 0.847 bits per heavy atom. The summed E-state index contributed by atoms with van der Waals surface area (Å²) in [5.41, 5.74) is 12.7. The number of benzene rings is 10. The Labute approximate surface area is 341 Å². The van der Waals surface area contributed by atoms with E-state index in [2.05, 4.69) is 238 Å². The molecule has 0 aliphatic heterocycles. The first kappa shape index (κ1) is 33.3. The molecule has 3 heteroatoms. The van der Waals surface area contributed by atoms with Crippen LogP contribution in [0.3, 0.4) is 0 Å². The maximum absolute atomic E-state index is 2.48. The third kappa shape index (κ3) is 5.22. The second-order valence-corrected chi connectivity index (χ2v) is 15.3. The van der Waals surface area contributed by atoms with Crippen molar-refractivity contribution in [2.24, 2.45) is 0 Å². The van der Waals surface area contributed by atoms with E-state index in [4.69, 9.17) is 0 Å². The first-order chi connectivity index (χ1) is 29.3. The van der Waals surface area contributed by atoms with Gasteiger partial charge in [0.15, 0.2) is 0 Å². The summed E-state index contributed by atoms with van der Waals surface area (Å²) in [6, 6.07) is 81.8. The summed E-state index contributed by atoms with van der Waals surface area (Å²) >= 11 is 0. The number of nitrogens with zero attached hydrogens (tertiary/aromatic N) is 3. The minimum Gasteiger partial charge on any atom is -0.310 e. The Hall–Kier alpha value is -7.88. The van der Waals surface area contributed by atoms with Crippen molar-refractivity contribution in [1.29, 1.82) is 0 Å². The van der Waals surface area contributed by atoms with Gasteiger partial charge in [-0.2, -0.15) is 0 Å². The molecule has 0 spiro atoms. The van der Waals surface area contributed by atoms with Crippen LogP contribution in [0.4, 0.5) is 17.1 Å². The van der Waals surface area contributed by atoms with Crippen LogP contribution in [0.25, 0.3) is 87.7 Å². The van der Waals surface area contributed by atoms with Crippen molar-refractivity contribution >= 4 is 82.2 Å². The van der Waals surface area contributed by atoms with E-state index in [1.54, 1.807) is 0 Å². The molecule has 0 atom stereocenters. The monoisotopic (exact) mass is 751 g/mol. The molecule has 12 aromatic rings. The lowest BCUT2D eigenvalue weighted by Crippen LogP contribution is -2.11. The molecule has 0 amide bonds. The fourth-order valence-electron chi connectivity index (χ4n) is 9.53. The van der Waals surface area contributed by atoms with Crippen molar-refractivity contribution in [2.75, 3.05) is 4.90 Å². The molecule has 2 heterocycles. The van der Waals surface area contributed by atoms with Crippen LogP contribution in [0.5, 0.6) is 0 Å². The van der Waals surface area contributed by atoms with Gasteiger partial charge in [-0.3, -0.25) is 0 Å². The van der Waals surface area contributed by atoms with E-state index in [9.17, 15) is 0 Å². The zero-order valence-electron chi connectivity index (χ0n) is 32.2. The molecule has 0 N–H and O–H groups in total. The molecule has 2 aromatic heterocycles. The molecule has 0 bridgehead atoms. The fourth-order valence-corrected chi connectivity index (χ4v) is 9.53. The van der Waals surface area contributed by atoms with Gasteiger partial charge in [-0.25, -0.2) is 0 Å². The van der Waals surface area contributed by atoms with Gasteiger partial charge in [0, 0.05) is 44.3 Å². The van der Waals surface area contributed by atoms with E-state index in [0.717, 1.165) is 39.5 Å². The summed E-state index contributed by atoms with van der Waals surface area (Å²) in [6.07, 6.45) is 0. The van der Waals surface area contributed by atoms with Crippen molar-refractivity contribution in [1.82, 2.24) is 9.13 Å².